The van der Waals surface area contributed by atoms with E-state index in [1.165, 1.54) is 7.11 Å². The minimum atomic E-state index is -1.44. The number of aliphatic hydroxyl groups excluding tert-OH is 2. The van der Waals surface area contributed by atoms with Crippen LogP contribution in [-0.2, 0) is 23.8 Å². The van der Waals surface area contributed by atoms with Crippen molar-refractivity contribution >= 4 is 11.9 Å². The van der Waals surface area contributed by atoms with E-state index in [4.69, 9.17) is 14.2 Å². The predicted octanol–water partition coefficient (Wildman–Crippen LogP) is -0.0634. The lowest BCUT2D eigenvalue weighted by Gasteiger charge is -2.29. The molecular formula is C16H22O7. The molecule has 0 amide bonds. The van der Waals surface area contributed by atoms with Gasteiger partial charge < -0.3 is 24.4 Å². The smallest absolute Gasteiger partial charge is 0.336 e. The van der Waals surface area contributed by atoms with Crippen LogP contribution in [0.25, 0.3) is 0 Å². The van der Waals surface area contributed by atoms with Gasteiger partial charge in [-0.2, -0.15) is 0 Å². The van der Waals surface area contributed by atoms with Crippen LogP contribution >= 0.6 is 0 Å². The lowest BCUT2D eigenvalue weighted by Crippen LogP contribution is -2.45. The van der Waals surface area contributed by atoms with Crippen LogP contribution in [0.2, 0.25) is 0 Å². The molecule has 7 heteroatoms. The Hall–Kier alpha value is -1.44. The molecule has 7 nitrogen and oxygen atoms in total. The van der Waals surface area contributed by atoms with E-state index >= 15 is 0 Å². The third-order valence-corrected chi connectivity index (χ3v) is 5.28. The summed E-state index contributed by atoms with van der Waals surface area (Å²) in [5.41, 5.74) is -0.444. The Bertz CT molecular complexity index is 557. The van der Waals surface area contributed by atoms with Crippen LogP contribution in [0.15, 0.2) is 11.6 Å². The Kier molecular flexibility index (Phi) is 3.98. The van der Waals surface area contributed by atoms with Crippen molar-refractivity contribution in [3.05, 3.63) is 11.6 Å². The largest absolute Gasteiger partial charge is 0.466 e. The molecule has 7 atom stereocenters. The average Bonchev–Trinajstić information content (AvgIpc) is 3.10. The van der Waals surface area contributed by atoms with Gasteiger partial charge in [0, 0.05) is 5.92 Å². The first kappa shape index (κ1) is 16.4. The van der Waals surface area contributed by atoms with Gasteiger partial charge in [0.1, 0.15) is 18.3 Å². The highest BCUT2D eigenvalue weighted by Crippen LogP contribution is 2.50. The second-order valence-electron chi connectivity index (χ2n) is 6.74. The number of fused-ring (bicyclic) bond motifs is 3. The van der Waals surface area contributed by atoms with Crippen molar-refractivity contribution in [2.75, 3.05) is 7.11 Å². The molecule has 2 fully saturated rings. The highest BCUT2D eigenvalue weighted by atomic mass is 16.6. The summed E-state index contributed by atoms with van der Waals surface area (Å²) in [6, 6.07) is 0. The SMILES string of the molecule is COC(=O)/C1=C/CC[C@@]2(C)O[C@H]2[C@@H]2OC(=O)[C@H](C)[C@@H]2[C@@H](O)[C@@H]1O. The second-order valence-corrected chi connectivity index (χ2v) is 6.74. The quantitative estimate of drug-likeness (QED) is 0.513. The Balaban J connectivity index is 1.98. The fraction of sp³-hybridized carbons (Fsp3) is 0.750. The Morgan fingerprint density at radius 1 is 1.43 bits per heavy atom. The average molecular weight is 326 g/mol. The molecule has 0 unspecified atom stereocenters. The fourth-order valence-electron chi connectivity index (χ4n) is 3.74. The lowest BCUT2D eigenvalue weighted by atomic mass is 9.78. The lowest BCUT2D eigenvalue weighted by molar-refractivity contribution is -0.145. The summed E-state index contributed by atoms with van der Waals surface area (Å²) in [7, 11) is 1.22. The third kappa shape index (κ3) is 2.56. The molecule has 2 N–H and O–H groups in total. The maximum Gasteiger partial charge on any atom is 0.336 e. The van der Waals surface area contributed by atoms with Crippen LogP contribution in [0.1, 0.15) is 26.7 Å². The second kappa shape index (κ2) is 5.58. The summed E-state index contributed by atoms with van der Waals surface area (Å²) < 4.78 is 15.8. The minimum absolute atomic E-state index is 0.00741. The number of rotatable bonds is 1. The van der Waals surface area contributed by atoms with E-state index in [1.807, 2.05) is 6.92 Å². The highest BCUT2D eigenvalue weighted by molar-refractivity contribution is 5.89. The topological polar surface area (TPSA) is 106 Å². The zero-order valence-corrected chi connectivity index (χ0v) is 13.4. The Labute approximate surface area is 134 Å². The first-order chi connectivity index (χ1) is 10.8. The first-order valence-electron chi connectivity index (χ1n) is 7.83. The number of aliphatic hydroxyl groups is 2. The molecule has 0 spiro atoms. The molecule has 0 radical (unpaired) electrons. The number of hydrogen-bond donors (Lipinski definition) is 2. The number of carbonyl (C=O) groups excluding carboxylic acids is 2. The number of carbonyl (C=O) groups is 2. The summed E-state index contributed by atoms with van der Waals surface area (Å²) >= 11 is 0. The number of epoxide rings is 1. The van der Waals surface area contributed by atoms with Crippen molar-refractivity contribution in [3.63, 3.8) is 0 Å². The maximum absolute atomic E-state index is 12.0. The normalized spacial score (nSPS) is 48.4. The van der Waals surface area contributed by atoms with E-state index in [9.17, 15) is 19.8 Å². The summed E-state index contributed by atoms with van der Waals surface area (Å²) in [4.78, 5) is 23.9. The van der Waals surface area contributed by atoms with Crippen LogP contribution in [-0.4, -0.2) is 59.3 Å². The van der Waals surface area contributed by atoms with Gasteiger partial charge in [0.25, 0.3) is 0 Å². The monoisotopic (exact) mass is 326 g/mol. The number of allylic oxidation sites excluding steroid dienone is 1. The molecule has 2 aliphatic heterocycles. The standard InChI is InChI=1S/C16H22O7/c1-7-9-11(18)10(17)8(15(20)21-3)5-4-6-16(2)13(23-16)12(9)22-14(7)19/h5,7,9-13,17-18H,4,6H2,1-3H3/b8-5+/t7-,9-,10-,11-,12-,13+,16-/m1/s1. The van der Waals surface area contributed by atoms with Gasteiger partial charge in [-0.3, -0.25) is 4.79 Å². The van der Waals surface area contributed by atoms with E-state index < -0.39 is 47.7 Å². The van der Waals surface area contributed by atoms with Crippen molar-refractivity contribution in [2.45, 2.75) is 56.7 Å². The van der Waals surface area contributed by atoms with Crippen LogP contribution < -0.4 is 0 Å². The number of methoxy groups -OCH3 is 1. The van der Waals surface area contributed by atoms with Gasteiger partial charge in [0.2, 0.25) is 0 Å². The van der Waals surface area contributed by atoms with E-state index in [0.29, 0.717) is 12.8 Å². The molecule has 3 rings (SSSR count). The first-order valence-corrected chi connectivity index (χ1v) is 7.83. The number of esters is 2. The van der Waals surface area contributed by atoms with Crippen molar-refractivity contribution in [1.29, 1.82) is 0 Å². The van der Waals surface area contributed by atoms with Gasteiger partial charge in [-0.25, -0.2) is 4.79 Å². The molecule has 2 heterocycles. The molecule has 0 aromatic rings. The Morgan fingerprint density at radius 3 is 2.78 bits per heavy atom. The van der Waals surface area contributed by atoms with Gasteiger partial charge in [-0.15, -0.1) is 0 Å². The zero-order valence-electron chi connectivity index (χ0n) is 13.4. The van der Waals surface area contributed by atoms with E-state index in [0.717, 1.165) is 0 Å². The molecule has 0 bridgehead atoms. The minimum Gasteiger partial charge on any atom is -0.466 e. The van der Waals surface area contributed by atoms with Crippen molar-refractivity contribution in [3.8, 4) is 0 Å². The molecule has 128 valence electrons. The van der Waals surface area contributed by atoms with Gasteiger partial charge in [0.15, 0.2) is 0 Å². The molecule has 0 aromatic heterocycles. The van der Waals surface area contributed by atoms with Crippen molar-refractivity contribution in [1.82, 2.24) is 0 Å². The van der Waals surface area contributed by atoms with Gasteiger partial charge in [-0.05, 0) is 19.8 Å². The summed E-state index contributed by atoms with van der Waals surface area (Å²) in [5.74, 6) is -2.34. The Morgan fingerprint density at radius 2 is 2.13 bits per heavy atom. The summed E-state index contributed by atoms with van der Waals surface area (Å²) in [5, 5.41) is 21.1. The predicted molar refractivity (Wildman–Crippen MR) is 77.2 cm³/mol. The molecule has 2 saturated heterocycles. The van der Waals surface area contributed by atoms with Gasteiger partial charge in [0.05, 0.1) is 30.3 Å². The van der Waals surface area contributed by atoms with Gasteiger partial charge >= 0.3 is 11.9 Å². The zero-order chi connectivity index (χ0) is 16.9. The fourth-order valence-corrected chi connectivity index (χ4v) is 3.74. The number of hydrogen-bond acceptors (Lipinski definition) is 7. The van der Waals surface area contributed by atoms with E-state index in [2.05, 4.69) is 0 Å². The molecule has 0 aromatic carbocycles. The maximum atomic E-state index is 12.0. The number of ether oxygens (including phenoxy) is 3. The molecule has 0 saturated carbocycles. The van der Waals surface area contributed by atoms with Crippen molar-refractivity contribution < 1.29 is 34.0 Å². The molecule has 23 heavy (non-hydrogen) atoms. The van der Waals surface area contributed by atoms with E-state index in [1.54, 1.807) is 13.0 Å². The van der Waals surface area contributed by atoms with Crippen molar-refractivity contribution in [2.24, 2.45) is 11.8 Å². The molecule has 3 aliphatic rings. The molecule has 1 aliphatic carbocycles. The molecular weight excluding hydrogens is 304 g/mol. The summed E-state index contributed by atoms with van der Waals surface area (Å²) in [6.07, 6.45) is -0.987. The van der Waals surface area contributed by atoms with E-state index in [-0.39, 0.29) is 11.7 Å². The van der Waals surface area contributed by atoms with Crippen LogP contribution in [0.5, 0.6) is 0 Å². The van der Waals surface area contributed by atoms with Crippen LogP contribution in [0.4, 0.5) is 0 Å². The van der Waals surface area contributed by atoms with Gasteiger partial charge in [-0.1, -0.05) is 13.0 Å². The van der Waals surface area contributed by atoms with Crippen LogP contribution in [0.3, 0.4) is 0 Å². The summed E-state index contributed by atoms with van der Waals surface area (Å²) in [6.45, 7) is 3.57. The third-order valence-electron chi connectivity index (χ3n) is 5.28. The van der Waals surface area contributed by atoms with Crippen LogP contribution in [0, 0.1) is 11.8 Å². The highest BCUT2D eigenvalue weighted by Gasteiger charge is 2.64.